The second-order valence-electron chi connectivity index (χ2n) is 6.34. The van der Waals surface area contributed by atoms with E-state index in [2.05, 4.69) is 10.1 Å². The molecule has 6 nitrogen and oxygen atoms in total. The van der Waals surface area contributed by atoms with E-state index in [9.17, 15) is 4.79 Å². The second kappa shape index (κ2) is 5.77. The molecule has 1 aliphatic carbocycles. The van der Waals surface area contributed by atoms with Crippen molar-refractivity contribution in [1.29, 1.82) is 0 Å². The number of rotatable bonds is 4. The van der Waals surface area contributed by atoms with Crippen LogP contribution in [0.25, 0.3) is 0 Å². The highest BCUT2D eigenvalue weighted by atomic mass is 16.5. The molecular formula is C15H24N4O2. The Morgan fingerprint density at radius 2 is 2.10 bits per heavy atom. The number of carbonyl (C=O) groups is 1. The highest BCUT2D eigenvalue weighted by molar-refractivity contribution is 5.84. The molecule has 2 aliphatic rings. The number of hydrogen-bond donors (Lipinski definition) is 1. The van der Waals surface area contributed by atoms with Gasteiger partial charge in [-0.15, -0.1) is 0 Å². The quantitative estimate of drug-likeness (QED) is 0.886. The summed E-state index contributed by atoms with van der Waals surface area (Å²) in [4.78, 5) is 16.9. The Hall–Kier alpha value is -1.40. The summed E-state index contributed by atoms with van der Waals surface area (Å²) in [5.74, 6) is 1.16. The molecule has 21 heavy (non-hydrogen) atoms. The fourth-order valence-corrected chi connectivity index (χ4v) is 3.26. The van der Waals surface area contributed by atoms with Crippen LogP contribution in [0.2, 0.25) is 0 Å². The largest absolute Gasteiger partial charge is 0.360 e. The lowest BCUT2D eigenvalue weighted by molar-refractivity contribution is -0.148. The lowest BCUT2D eigenvalue weighted by Crippen LogP contribution is -2.56. The van der Waals surface area contributed by atoms with Crippen LogP contribution in [-0.2, 0) is 11.3 Å². The molecule has 6 heteroatoms. The predicted molar refractivity (Wildman–Crippen MR) is 78.4 cm³/mol. The number of carbonyl (C=O) groups excluding carboxylic acids is 1. The number of piperazine rings is 1. The van der Waals surface area contributed by atoms with Crippen molar-refractivity contribution >= 4 is 5.91 Å². The maximum atomic E-state index is 12.6. The summed E-state index contributed by atoms with van der Waals surface area (Å²) in [6.07, 6.45) is 3.05. The van der Waals surface area contributed by atoms with Gasteiger partial charge in [0.2, 0.25) is 5.91 Å². The topological polar surface area (TPSA) is 75.6 Å². The number of hydrogen-bond acceptors (Lipinski definition) is 5. The van der Waals surface area contributed by atoms with Crippen LogP contribution in [0.4, 0.5) is 0 Å². The summed E-state index contributed by atoms with van der Waals surface area (Å²) in [6, 6.07) is 1.97. The van der Waals surface area contributed by atoms with Crippen LogP contribution in [-0.4, -0.2) is 53.6 Å². The average Bonchev–Trinajstić information content (AvgIpc) is 2.84. The Kier molecular flexibility index (Phi) is 3.99. The van der Waals surface area contributed by atoms with E-state index in [4.69, 9.17) is 10.3 Å². The number of amides is 1. The molecule has 1 aromatic rings. The van der Waals surface area contributed by atoms with Crippen molar-refractivity contribution in [1.82, 2.24) is 15.0 Å². The standard InChI is InChI=1S/C15H24N4O2/c1-12-9-13(21-17-12)10-18-5-7-19(8-6-18)14(20)15(11-16)3-2-4-15/h9H,2-8,10-11,16H2,1H3. The molecule has 0 bridgehead atoms. The number of nitrogens with two attached hydrogens (primary N) is 1. The molecule has 1 aromatic heterocycles. The number of aromatic nitrogens is 1. The maximum absolute atomic E-state index is 12.6. The lowest BCUT2D eigenvalue weighted by Gasteiger charge is -2.45. The van der Waals surface area contributed by atoms with E-state index in [1.807, 2.05) is 17.9 Å². The zero-order valence-corrected chi connectivity index (χ0v) is 12.7. The third kappa shape index (κ3) is 2.82. The molecule has 116 valence electrons. The van der Waals surface area contributed by atoms with Gasteiger partial charge < -0.3 is 15.2 Å². The van der Waals surface area contributed by atoms with E-state index in [-0.39, 0.29) is 11.3 Å². The molecule has 2 fully saturated rings. The van der Waals surface area contributed by atoms with Crippen molar-refractivity contribution in [3.05, 3.63) is 17.5 Å². The van der Waals surface area contributed by atoms with Gasteiger partial charge in [-0.2, -0.15) is 0 Å². The molecule has 0 radical (unpaired) electrons. The fourth-order valence-electron chi connectivity index (χ4n) is 3.26. The molecule has 2 heterocycles. The van der Waals surface area contributed by atoms with E-state index in [1.165, 1.54) is 0 Å². The van der Waals surface area contributed by atoms with Gasteiger partial charge in [0.05, 0.1) is 17.7 Å². The van der Waals surface area contributed by atoms with Crippen LogP contribution in [0, 0.1) is 12.3 Å². The smallest absolute Gasteiger partial charge is 0.230 e. The van der Waals surface area contributed by atoms with Gasteiger partial charge in [-0.05, 0) is 19.8 Å². The molecule has 1 amide bonds. The van der Waals surface area contributed by atoms with Gasteiger partial charge in [0.1, 0.15) is 0 Å². The summed E-state index contributed by atoms with van der Waals surface area (Å²) in [7, 11) is 0. The highest BCUT2D eigenvalue weighted by Crippen LogP contribution is 2.41. The molecular weight excluding hydrogens is 268 g/mol. The van der Waals surface area contributed by atoms with E-state index in [1.54, 1.807) is 0 Å². The van der Waals surface area contributed by atoms with Crippen molar-refractivity contribution in [2.75, 3.05) is 32.7 Å². The molecule has 0 aromatic carbocycles. The molecule has 2 N–H and O–H groups in total. The van der Waals surface area contributed by atoms with E-state index in [0.29, 0.717) is 6.54 Å². The normalized spacial score (nSPS) is 22.1. The first-order chi connectivity index (χ1) is 10.1. The number of nitrogens with zero attached hydrogens (tertiary/aromatic N) is 3. The molecule has 0 spiro atoms. The van der Waals surface area contributed by atoms with Crippen molar-refractivity contribution in [2.24, 2.45) is 11.1 Å². The first-order valence-electron chi connectivity index (χ1n) is 7.77. The molecule has 0 atom stereocenters. The first-order valence-corrected chi connectivity index (χ1v) is 7.77. The number of aryl methyl sites for hydroxylation is 1. The Morgan fingerprint density at radius 3 is 2.57 bits per heavy atom. The Labute approximate surface area is 125 Å². The van der Waals surface area contributed by atoms with E-state index >= 15 is 0 Å². The minimum absolute atomic E-state index is 0.246. The summed E-state index contributed by atoms with van der Waals surface area (Å²) >= 11 is 0. The first kappa shape index (κ1) is 14.5. The predicted octanol–water partition coefficient (Wildman–Crippen LogP) is 0.756. The third-order valence-electron chi connectivity index (χ3n) is 4.87. The fraction of sp³-hybridized carbons (Fsp3) is 0.733. The van der Waals surface area contributed by atoms with Gasteiger partial charge in [0.15, 0.2) is 5.76 Å². The molecule has 3 rings (SSSR count). The Balaban J connectivity index is 1.52. The monoisotopic (exact) mass is 292 g/mol. The van der Waals surface area contributed by atoms with Crippen LogP contribution in [0.3, 0.4) is 0 Å². The van der Waals surface area contributed by atoms with Gasteiger partial charge in [-0.3, -0.25) is 9.69 Å². The van der Waals surface area contributed by atoms with Crippen molar-refractivity contribution < 1.29 is 9.32 Å². The van der Waals surface area contributed by atoms with Gasteiger partial charge in [0, 0.05) is 38.8 Å². The van der Waals surface area contributed by atoms with Gasteiger partial charge in [-0.1, -0.05) is 11.6 Å². The highest BCUT2D eigenvalue weighted by Gasteiger charge is 2.45. The van der Waals surface area contributed by atoms with Crippen LogP contribution >= 0.6 is 0 Å². The lowest BCUT2D eigenvalue weighted by atomic mass is 9.67. The third-order valence-corrected chi connectivity index (χ3v) is 4.87. The molecule has 1 saturated carbocycles. The van der Waals surface area contributed by atoms with Crippen LogP contribution in [0.15, 0.2) is 10.6 Å². The Morgan fingerprint density at radius 1 is 1.38 bits per heavy atom. The minimum atomic E-state index is -0.246. The minimum Gasteiger partial charge on any atom is -0.360 e. The SMILES string of the molecule is Cc1cc(CN2CCN(C(=O)C3(CN)CCC3)CC2)on1. The molecule has 0 unspecified atom stereocenters. The molecule has 1 aliphatic heterocycles. The van der Waals surface area contributed by atoms with Crippen molar-refractivity contribution in [3.8, 4) is 0 Å². The Bertz CT molecular complexity index is 496. The van der Waals surface area contributed by atoms with E-state index in [0.717, 1.165) is 63.4 Å². The zero-order chi connectivity index (χ0) is 14.9. The van der Waals surface area contributed by atoms with E-state index < -0.39 is 0 Å². The van der Waals surface area contributed by atoms with Crippen LogP contribution in [0.5, 0.6) is 0 Å². The maximum Gasteiger partial charge on any atom is 0.230 e. The van der Waals surface area contributed by atoms with Crippen LogP contribution in [0.1, 0.15) is 30.7 Å². The average molecular weight is 292 g/mol. The second-order valence-corrected chi connectivity index (χ2v) is 6.34. The van der Waals surface area contributed by atoms with Gasteiger partial charge >= 0.3 is 0 Å². The summed E-state index contributed by atoms with van der Waals surface area (Å²) in [5, 5.41) is 3.91. The van der Waals surface area contributed by atoms with Crippen LogP contribution < -0.4 is 5.73 Å². The summed E-state index contributed by atoms with van der Waals surface area (Å²) in [5.41, 5.74) is 6.50. The van der Waals surface area contributed by atoms with Gasteiger partial charge in [-0.25, -0.2) is 0 Å². The summed E-state index contributed by atoms with van der Waals surface area (Å²) in [6.45, 7) is 6.52. The molecule has 1 saturated heterocycles. The summed E-state index contributed by atoms with van der Waals surface area (Å²) < 4.78 is 5.25. The zero-order valence-electron chi connectivity index (χ0n) is 12.7. The van der Waals surface area contributed by atoms with Gasteiger partial charge in [0.25, 0.3) is 0 Å². The van der Waals surface area contributed by atoms with Crippen molar-refractivity contribution in [2.45, 2.75) is 32.7 Å². The van der Waals surface area contributed by atoms with Crippen molar-refractivity contribution in [3.63, 3.8) is 0 Å².